The maximum Gasteiger partial charge on any atom is 0.178 e. The quantitative estimate of drug-likeness (QED) is 0.513. The van der Waals surface area contributed by atoms with Crippen LogP contribution in [0.25, 0.3) is 22.6 Å². The number of aromatic nitrogens is 3. The van der Waals surface area contributed by atoms with Gasteiger partial charge in [-0.2, -0.15) is 0 Å². The molecule has 2 aromatic heterocycles. The Morgan fingerprint density at radius 1 is 1.17 bits per heavy atom. The molecule has 0 spiro atoms. The molecule has 0 aliphatic heterocycles. The molecule has 90 valence electrons. The Bertz CT molecular complexity index is 739. The molecule has 0 saturated carbocycles. The molecule has 0 radical (unpaired) electrons. The van der Waals surface area contributed by atoms with Crippen LogP contribution in [-0.2, 0) is 0 Å². The summed E-state index contributed by atoms with van der Waals surface area (Å²) in [6.45, 7) is 0. The number of nitrogens with zero attached hydrogens (tertiary/aromatic N) is 2. The third kappa shape index (κ3) is 2.33. The van der Waals surface area contributed by atoms with Crippen molar-refractivity contribution in [3.05, 3.63) is 43.0 Å². The van der Waals surface area contributed by atoms with E-state index in [-0.39, 0.29) is 0 Å². The number of benzene rings is 1. The molecule has 0 fully saturated rings. The van der Waals surface area contributed by atoms with Gasteiger partial charge in [-0.1, -0.05) is 15.9 Å². The molecule has 0 saturated heterocycles. The van der Waals surface area contributed by atoms with E-state index >= 15 is 0 Å². The van der Waals surface area contributed by atoms with E-state index in [9.17, 15) is 0 Å². The van der Waals surface area contributed by atoms with Crippen LogP contribution in [0.3, 0.4) is 0 Å². The van der Waals surface area contributed by atoms with Gasteiger partial charge in [0.2, 0.25) is 0 Å². The Morgan fingerprint density at radius 2 is 2.00 bits per heavy atom. The number of halogens is 3. The molecule has 3 aromatic rings. The van der Waals surface area contributed by atoms with Crippen LogP contribution in [0.15, 0.2) is 39.4 Å². The van der Waals surface area contributed by atoms with Crippen molar-refractivity contribution in [2.24, 2.45) is 0 Å². The van der Waals surface area contributed by atoms with Crippen LogP contribution < -0.4 is 0 Å². The second-order valence-corrected chi connectivity index (χ2v) is 6.75. The van der Waals surface area contributed by atoms with Crippen LogP contribution in [0, 0.1) is 3.57 Å². The molecule has 2 heterocycles. The molecule has 0 atom stereocenters. The fourth-order valence-electron chi connectivity index (χ4n) is 1.68. The molecule has 1 aromatic carbocycles. The fourth-order valence-corrected chi connectivity index (χ4v) is 2.94. The topological polar surface area (TPSA) is 41.6 Å². The largest absolute Gasteiger partial charge is 0.337 e. The summed E-state index contributed by atoms with van der Waals surface area (Å²) in [4.78, 5) is 12.1. The lowest BCUT2D eigenvalue weighted by Crippen LogP contribution is -1.83. The van der Waals surface area contributed by atoms with E-state index in [0.717, 1.165) is 31.5 Å². The lowest BCUT2D eigenvalue weighted by Gasteiger charge is -2.01. The normalized spacial score (nSPS) is 11.1. The van der Waals surface area contributed by atoms with Crippen molar-refractivity contribution in [2.75, 3.05) is 0 Å². The van der Waals surface area contributed by atoms with Gasteiger partial charge >= 0.3 is 0 Å². The van der Waals surface area contributed by atoms with Gasteiger partial charge in [0.15, 0.2) is 5.65 Å². The van der Waals surface area contributed by atoms with Gasteiger partial charge in [0.05, 0.1) is 5.52 Å². The van der Waals surface area contributed by atoms with E-state index in [1.165, 1.54) is 3.57 Å². The van der Waals surface area contributed by atoms with Crippen LogP contribution in [0.4, 0.5) is 0 Å². The van der Waals surface area contributed by atoms with Gasteiger partial charge in [-0.25, -0.2) is 9.97 Å². The summed E-state index contributed by atoms with van der Waals surface area (Å²) in [7, 11) is 0. The first kappa shape index (κ1) is 12.6. The third-order valence-corrected chi connectivity index (χ3v) is 4.28. The monoisotopic (exact) mass is 477 g/mol. The molecule has 0 aliphatic carbocycles. The molecule has 3 rings (SSSR count). The SMILES string of the molecule is Brc1cnc2nc(-c3cc(I)ccc3Br)[nH]c2c1. The summed E-state index contributed by atoms with van der Waals surface area (Å²) in [6, 6.07) is 8.12. The van der Waals surface area contributed by atoms with Gasteiger partial charge in [0.1, 0.15) is 5.82 Å². The maximum absolute atomic E-state index is 4.51. The number of hydrogen-bond acceptors (Lipinski definition) is 2. The van der Waals surface area contributed by atoms with Crippen molar-refractivity contribution in [2.45, 2.75) is 0 Å². The summed E-state index contributed by atoms with van der Waals surface area (Å²) in [5.74, 6) is 0.820. The highest BCUT2D eigenvalue weighted by molar-refractivity contribution is 14.1. The van der Waals surface area contributed by atoms with Crippen LogP contribution in [0.2, 0.25) is 0 Å². The Hall–Kier alpha value is -0.470. The van der Waals surface area contributed by atoms with Crippen LogP contribution in [0.1, 0.15) is 0 Å². The van der Waals surface area contributed by atoms with E-state index in [1.807, 2.05) is 18.2 Å². The maximum atomic E-state index is 4.51. The second kappa shape index (κ2) is 4.90. The van der Waals surface area contributed by atoms with Crippen LogP contribution >= 0.6 is 54.5 Å². The second-order valence-electron chi connectivity index (χ2n) is 3.73. The van der Waals surface area contributed by atoms with Gasteiger partial charge in [-0.05, 0) is 62.8 Å². The Balaban J connectivity index is 2.22. The molecular weight excluding hydrogens is 473 g/mol. The molecule has 1 N–H and O–H groups in total. The van der Waals surface area contributed by atoms with Crippen LogP contribution in [0.5, 0.6) is 0 Å². The minimum absolute atomic E-state index is 0.721. The minimum atomic E-state index is 0.721. The lowest BCUT2D eigenvalue weighted by molar-refractivity contribution is 1.29. The average Bonchev–Trinajstić information content (AvgIpc) is 2.74. The number of fused-ring (bicyclic) bond motifs is 1. The molecule has 0 aliphatic rings. The first-order valence-electron chi connectivity index (χ1n) is 5.10. The first-order chi connectivity index (χ1) is 8.63. The summed E-state index contributed by atoms with van der Waals surface area (Å²) < 4.78 is 3.12. The molecular formula is C12H6Br2IN3. The van der Waals surface area contributed by atoms with Crippen molar-refractivity contribution in [1.82, 2.24) is 15.0 Å². The van der Waals surface area contributed by atoms with Gasteiger partial charge in [-0.15, -0.1) is 0 Å². The molecule has 6 heteroatoms. The first-order valence-corrected chi connectivity index (χ1v) is 7.76. The van der Waals surface area contributed by atoms with Crippen molar-refractivity contribution < 1.29 is 0 Å². The van der Waals surface area contributed by atoms with E-state index in [1.54, 1.807) is 6.20 Å². The van der Waals surface area contributed by atoms with E-state index in [4.69, 9.17) is 0 Å². The third-order valence-electron chi connectivity index (χ3n) is 2.49. The minimum Gasteiger partial charge on any atom is -0.337 e. The Kier molecular flexibility index (Phi) is 3.42. The highest BCUT2D eigenvalue weighted by Gasteiger charge is 2.10. The number of H-pyrrole nitrogens is 1. The Morgan fingerprint density at radius 3 is 2.83 bits per heavy atom. The van der Waals surface area contributed by atoms with Gasteiger partial charge in [-0.3, -0.25) is 0 Å². The van der Waals surface area contributed by atoms with Crippen molar-refractivity contribution in [3.8, 4) is 11.4 Å². The zero-order valence-corrected chi connectivity index (χ0v) is 14.2. The number of aromatic amines is 1. The van der Waals surface area contributed by atoms with E-state index in [2.05, 4.69) is 75.5 Å². The number of rotatable bonds is 1. The van der Waals surface area contributed by atoms with Crippen molar-refractivity contribution in [3.63, 3.8) is 0 Å². The Labute approximate surface area is 134 Å². The molecule has 0 bridgehead atoms. The van der Waals surface area contributed by atoms with Gasteiger partial charge in [0, 0.05) is 24.3 Å². The smallest absolute Gasteiger partial charge is 0.178 e. The summed E-state index contributed by atoms with van der Waals surface area (Å²) >= 11 is 9.24. The number of nitrogens with one attached hydrogen (secondary N) is 1. The summed E-state index contributed by atoms with van der Waals surface area (Å²) in [6.07, 6.45) is 1.75. The van der Waals surface area contributed by atoms with Gasteiger partial charge in [0.25, 0.3) is 0 Å². The highest BCUT2D eigenvalue weighted by atomic mass is 127. The molecule has 0 unspecified atom stereocenters. The standard InChI is InChI=1S/C12H6Br2IN3/c13-6-3-10-12(16-5-6)18-11(17-10)8-4-7(15)1-2-9(8)14/h1-5H,(H,16,17,18). The lowest BCUT2D eigenvalue weighted by atomic mass is 10.2. The molecule has 0 amide bonds. The number of imidazole rings is 1. The predicted octanol–water partition coefficient (Wildman–Crippen LogP) is 4.75. The van der Waals surface area contributed by atoms with Crippen molar-refractivity contribution in [1.29, 1.82) is 0 Å². The zero-order chi connectivity index (χ0) is 12.7. The molecule has 3 nitrogen and oxygen atoms in total. The van der Waals surface area contributed by atoms with Crippen LogP contribution in [-0.4, -0.2) is 15.0 Å². The highest BCUT2D eigenvalue weighted by Crippen LogP contribution is 2.29. The van der Waals surface area contributed by atoms with Crippen molar-refractivity contribution >= 4 is 65.6 Å². The number of hydrogen-bond donors (Lipinski definition) is 1. The number of pyridine rings is 1. The molecule has 18 heavy (non-hydrogen) atoms. The van der Waals surface area contributed by atoms with Gasteiger partial charge < -0.3 is 4.98 Å². The van der Waals surface area contributed by atoms with E-state index < -0.39 is 0 Å². The fraction of sp³-hybridized carbons (Fsp3) is 0. The zero-order valence-electron chi connectivity index (χ0n) is 8.92. The average molecular weight is 479 g/mol. The summed E-state index contributed by atoms with van der Waals surface area (Å²) in [5.41, 5.74) is 2.68. The predicted molar refractivity (Wildman–Crippen MR) is 87.4 cm³/mol. The summed E-state index contributed by atoms with van der Waals surface area (Å²) in [5, 5.41) is 0. The van der Waals surface area contributed by atoms with E-state index in [0.29, 0.717) is 0 Å².